The molecule has 0 aromatic heterocycles. The van der Waals surface area contributed by atoms with Gasteiger partial charge in [-0.3, -0.25) is 9.79 Å². The van der Waals surface area contributed by atoms with Crippen LogP contribution in [0.5, 0.6) is 0 Å². The van der Waals surface area contributed by atoms with Crippen LogP contribution >= 0.6 is 35.7 Å². The number of aliphatic imine (C=N–C) groups is 1. The summed E-state index contributed by atoms with van der Waals surface area (Å²) < 4.78 is 0. The number of amides is 1. The monoisotopic (exact) mass is 519 g/mol. The fourth-order valence-electron chi connectivity index (χ4n) is 3.10. The van der Waals surface area contributed by atoms with Crippen molar-refractivity contribution >= 4 is 53.3 Å². The average molecular weight is 519 g/mol. The molecule has 1 fully saturated rings. The fraction of sp³-hybridized carbons (Fsp3) is 0.600. The summed E-state index contributed by atoms with van der Waals surface area (Å²) in [5.41, 5.74) is 1.23. The maximum absolute atomic E-state index is 12.4. The molecule has 1 aliphatic rings. The van der Waals surface area contributed by atoms with Crippen LogP contribution in [0, 0.1) is 0 Å². The Bertz CT molecular complexity index is 579. The van der Waals surface area contributed by atoms with E-state index in [0.29, 0.717) is 13.0 Å². The summed E-state index contributed by atoms with van der Waals surface area (Å²) in [6, 6.07) is 10.4. The second-order valence-corrected chi connectivity index (χ2v) is 7.56. The van der Waals surface area contributed by atoms with Gasteiger partial charge in [-0.25, -0.2) is 0 Å². The number of piperazine rings is 1. The van der Waals surface area contributed by atoms with Crippen LogP contribution in [0.25, 0.3) is 0 Å². The van der Waals surface area contributed by atoms with Crippen LogP contribution in [0.1, 0.15) is 19.3 Å². The van der Waals surface area contributed by atoms with Gasteiger partial charge in [0, 0.05) is 58.4 Å². The van der Waals surface area contributed by atoms with Crippen molar-refractivity contribution < 1.29 is 4.79 Å². The molecule has 28 heavy (non-hydrogen) atoms. The van der Waals surface area contributed by atoms with Gasteiger partial charge in [0.2, 0.25) is 5.91 Å². The molecule has 0 bridgehead atoms. The maximum atomic E-state index is 12.4. The van der Waals surface area contributed by atoms with Crippen LogP contribution in [-0.4, -0.2) is 75.1 Å². The zero-order chi connectivity index (χ0) is 19.3. The molecule has 158 valence electrons. The van der Waals surface area contributed by atoms with Crippen LogP contribution in [0.2, 0.25) is 0 Å². The highest BCUT2D eigenvalue weighted by Gasteiger charge is 2.20. The number of hydrogen-bond donors (Lipinski definition) is 2. The lowest BCUT2D eigenvalue weighted by Gasteiger charge is -2.36. The van der Waals surface area contributed by atoms with Gasteiger partial charge in [-0.15, -0.1) is 24.0 Å². The third-order valence-electron chi connectivity index (χ3n) is 4.68. The Morgan fingerprint density at radius 3 is 2.39 bits per heavy atom. The Morgan fingerprint density at radius 1 is 1.07 bits per heavy atom. The highest BCUT2D eigenvalue weighted by molar-refractivity contribution is 14.0. The van der Waals surface area contributed by atoms with E-state index in [1.807, 2.05) is 22.7 Å². The molecule has 1 aromatic rings. The number of rotatable bonds is 9. The normalized spacial score (nSPS) is 14.4. The molecule has 6 nitrogen and oxygen atoms in total. The van der Waals surface area contributed by atoms with Gasteiger partial charge in [0.1, 0.15) is 0 Å². The van der Waals surface area contributed by atoms with E-state index in [9.17, 15) is 4.79 Å². The number of guanidine groups is 1. The molecule has 1 saturated heterocycles. The third kappa shape index (κ3) is 8.89. The SMILES string of the molecule is CN=C(NCCCCSC)NCCC(=O)N1CCN(c2ccccc2)CC1.I. The number of para-hydroxylation sites is 1. The molecule has 0 spiro atoms. The Balaban J connectivity index is 0.00000392. The Morgan fingerprint density at radius 2 is 1.75 bits per heavy atom. The largest absolute Gasteiger partial charge is 0.368 e. The summed E-state index contributed by atoms with van der Waals surface area (Å²) in [7, 11) is 1.77. The number of nitrogens with zero attached hydrogens (tertiary/aromatic N) is 3. The molecule has 2 N–H and O–H groups in total. The molecule has 2 rings (SSSR count). The van der Waals surface area contributed by atoms with Gasteiger partial charge >= 0.3 is 0 Å². The number of carbonyl (C=O) groups is 1. The number of unbranched alkanes of at least 4 members (excludes halogenated alkanes) is 1. The zero-order valence-electron chi connectivity index (χ0n) is 17.0. The molecular weight excluding hydrogens is 485 g/mol. The van der Waals surface area contributed by atoms with Gasteiger partial charge in [0.05, 0.1) is 0 Å². The molecule has 0 aliphatic carbocycles. The number of benzene rings is 1. The minimum Gasteiger partial charge on any atom is -0.368 e. The van der Waals surface area contributed by atoms with E-state index in [0.717, 1.165) is 45.1 Å². The van der Waals surface area contributed by atoms with Gasteiger partial charge in [-0.05, 0) is 37.0 Å². The number of halogens is 1. The molecule has 1 aromatic carbocycles. The van der Waals surface area contributed by atoms with Crippen LogP contribution in [0.15, 0.2) is 35.3 Å². The first-order valence-corrected chi connectivity index (χ1v) is 11.1. The Hall–Kier alpha value is -1.16. The lowest BCUT2D eigenvalue weighted by atomic mass is 10.2. The number of thioether (sulfide) groups is 1. The van der Waals surface area contributed by atoms with E-state index in [-0.39, 0.29) is 29.9 Å². The highest BCUT2D eigenvalue weighted by atomic mass is 127. The van der Waals surface area contributed by atoms with Gasteiger partial charge in [-0.2, -0.15) is 11.8 Å². The molecule has 0 radical (unpaired) electrons. The summed E-state index contributed by atoms with van der Waals surface area (Å²) >= 11 is 1.88. The van der Waals surface area contributed by atoms with Crippen LogP contribution in [-0.2, 0) is 4.79 Å². The molecule has 0 atom stereocenters. The first-order valence-electron chi connectivity index (χ1n) is 9.76. The van der Waals surface area contributed by atoms with Crippen molar-refractivity contribution in [1.82, 2.24) is 15.5 Å². The highest BCUT2D eigenvalue weighted by Crippen LogP contribution is 2.15. The van der Waals surface area contributed by atoms with Gasteiger partial charge in [0.25, 0.3) is 0 Å². The van der Waals surface area contributed by atoms with E-state index in [4.69, 9.17) is 0 Å². The smallest absolute Gasteiger partial charge is 0.224 e. The molecule has 1 aliphatic heterocycles. The van der Waals surface area contributed by atoms with E-state index in [1.165, 1.54) is 17.9 Å². The summed E-state index contributed by atoms with van der Waals surface area (Å²) in [6.45, 7) is 4.88. The van der Waals surface area contributed by atoms with E-state index < -0.39 is 0 Å². The summed E-state index contributed by atoms with van der Waals surface area (Å²) in [5, 5.41) is 6.54. The number of nitrogens with one attached hydrogen (secondary N) is 2. The zero-order valence-corrected chi connectivity index (χ0v) is 20.2. The number of hydrogen-bond acceptors (Lipinski definition) is 4. The van der Waals surface area contributed by atoms with E-state index in [2.05, 4.69) is 51.0 Å². The molecule has 0 saturated carbocycles. The fourth-order valence-corrected chi connectivity index (χ4v) is 3.59. The predicted molar refractivity (Wildman–Crippen MR) is 132 cm³/mol. The lowest BCUT2D eigenvalue weighted by molar-refractivity contribution is -0.131. The second-order valence-electron chi connectivity index (χ2n) is 6.58. The summed E-state index contributed by atoms with van der Waals surface area (Å²) in [6.07, 6.45) is 4.97. The van der Waals surface area contributed by atoms with Crippen molar-refractivity contribution in [2.45, 2.75) is 19.3 Å². The van der Waals surface area contributed by atoms with E-state index in [1.54, 1.807) is 7.05 Å². The minimum atomic E-state index is 0. The van der Waals surface area contributed by atoms with Gasteiger partial charge < -0.3 is 20.4 Å². The van der Waals surface area contributed by atoms with Crippen molar-refractivity contribution in [2.24, 2.45) is 4.99 Å². The van der Waals surface area contributed by atoms with Crippen LogP contribution in [0.4, 0.5) is 5.69 Å². The number of carbonyl (C=O) groups excluding carboxylic acids is 1. The number of anilines is 1. The molecule has 0 unspecified atom stereocenters. The summed E-state index contributed by atoms with van der Waals surface area (Å²) in [5.74, 6) is 2.19. The quantitative estimate of drug-likeness (QED) is 0.228. The van der Waals surface area contributed by atoms with Crippen molar-refractivity contribution in [3.63, 3.8) is 0 Å². The minimum absolute atomic E-state index is 0. The maximum Gasteiger partial charge on any atom is 0.224 e. The third-order valence-corrected chi connectivity index (χ3v) is 5.37. The van der Waals surface area contributed by atoms with Crippen LogP contribution in [0.3, 0.4) is 0 Å². The van der Waals surface area contributed by atoms with E-state index >= 15 is 0 Å². The van der Waals surface area contributed by atoms with Crippen molar-refractivity contribution in [2.75, 3.05) is 63.2 Å². The first-order chi connectivity index (χ1) is 13.2. The molecule has 8 heteroatoms. The molecule has 1 heterocycles. The first kappa shape index (κ1) is 24.9. The van der Waals surface area contributed by atoms with Crippen molar-refractivity contribution in [3.8, 4) is 0 Å². The standard InChI is InChI=1S/C20H33N5OS.HI/c1-21-20(22-11-6-7-17-27-2)23-12-10-19(26)25-15-13-24(14-16-25)18-8-4-3-5-9-18;/h3-5,8-9H,6-7,10-17H2,1-2H3,(H2,21,22,23);1H. The van der Waals surface area contributed by atoms with Crippen molar-refractivity contribution in [1.29, 1.82) is 0 Å². The Kier molecular flexibility index (Phi) is 13.1. The lowest BCUT2D eigenvalue weighted by Crippen LogP contribution is -2.49. The van der Waals surface area contributed by atoms with Gasteiger partial charge in [-0.1, -0.05) is 18.2 Å². The molecular formula is C20H34IN5OS. The Labute approximate surface area is 190 Å². The van der Waals surface area contributed by atoms with Gasteiger partial charge in [0.15, 0.2) is 5.96 Å². The molecule has 1 amide bonds. The topological polar surface area (TPSA) is 60.0 Å². The van der Waals surface area contributed by atoms with Crippen molar-refractivity contribution in [3.05, 3.63) is 30.3 Å². The second kappa shape index (κ2) is 14.8. The summed E-state index contributed by atoms with van der Waals surface area (Å²) in [4.78, 5) is 21.0. The van der Waals surface area contributed by atoms with Crippen LogP contribution < -0.4 is 15.5 Å². The average Bonchev–Trinajstić information content (AvgIpc) is 2.73. The predicted octanol–water partition coefficient (Wildman–Crippen LogP) is 2.65.